The van der Waals surface area contributed by atoms with Gasteiger partial charge in [-0.3, -0.25) is 13.9 Å². The van der Waals surface area contributed by atoms with Crippen molar-refractivity contribution in [2.75, 3.05) is 6.54 Å². The normalized spacial score (nSPS) is 13.7. The molecule has 0 saturated heterocycles. The second kappa shape index (κ2) is 16.6. The molecule has 0 N–H and O–H groups in total. The van der Waals surface area contributed by atoms with Crippen molar-refractivity contribution in [1.29, 1.82) is 0 Å². The van der Waals surface area contributed by atoms with Gasteiger partial charge in [-0.25, -0.2) is 23.3 Å². The molecule has 0 aliphatic heterocycles. The fraction of sp³-hybridized carbons (Fsp3) is 0.529. The van der Waals surface area contributed by atoms with Gasteiger partial charge < -0.3 is 9.47 Å². The Morgan fingerprint density at radius 3 is 2.00 bits per heavy atom. The monoisotopic (exact) mass is 680 g/mol. The van der Waals surface area contributed by atoms with E-state index in [9.17, 15) is 23.6 Å². The predicted octanol–water partition coefficient (Wildman–Crippen LogP) is 8.94. The number of imide groups is 1. The molecule has 0 bridgehead atoms. The summed E-state index contributed by atoms with van der Waals surface area (Å²) in [6, 6.07) is 7.79. The van der Waals surface area contributed by atoms with E-state index in [1.165, 1.54) is 30.3 Å². The summed E-state index contributed by atoms with van der Waals surface area (Å²) in [4.78, 5) is 55.4. The molecule has 2 aromatic rings. The number of halogens is 2. The minimum absolute atomic E-state index is 0.0283. The molecule has 254 valence electrons. The number of carbonyl (C=O) groups is 4. The number of benzene rings is 2. The number of rotatable bonds is 12. The first-order valence-corrected chi connectivity index (χ1v) is 17.4. The number of nitrogens with zero attached hydrogens (tertiary/aromatic N) is 2. The zero-order chi connectivity index (χ0) is 35.0. The van der Waals surface area contributed by atoms with Crippen LogP contribution in [-0.2, 0) is 14.3 Å². The third-order valence-corrected chi connectivity index (χ3v) is 9.22. The van der Waals surface area contributed by atoms with Crippen LogP contribution in [-0.4, -0.2) is 56.9 Å². The molecule has 0 aliphatic rings. The third kappa shape index (κ3) is 11.3. The van der Waals surface area contributed by atoms with Crippen LogP contribution in [0.25, 0.3) is 0 Å². The molecule has 12 heteroatoms. The summed E-state index contributed by atoms with van der Waals surface area (Å²) in [5.74, 6) is -4.07. The van der Waals surface area contributed by atoms with Crippen LogP contribution in [0.1, 0.15) is 103 Å². The Bertz CT molecular complexity index is 1390. The Balaban J connectivity index is 2.62. The van der Waals surface area contributed by atoms with Crippen LogP contribution >= 0.6 is 21.8 Å². The summed E-state index contributed by atoms with van der Waals surface area (Å²) < 4.78 is 42.1. The highest BCUT2D eigenvalue weighted by molar-refractivity contribution is 8.76. The number of carbonyl (C=O) groups excluding carboxylic acids is 4. The van der Waals surface area contributed by atoms with Crippen LogP contribution in [0.3, 0.4) is 0 Å². The molecule has 3 unspecified atom stereocenters. The smallest absolute Gasteiger partial charge is 0.417 e. The van der Waals surface area contributed by atoms with E-state index in [-0.39, 0.29) is 28.5 Å². The summed E-state index contributed by atoms with van der Waals surface area (Å²) in [6.07, 6.45) is 0.285. The van der Waals surface area contributed by atoms with Crippen molar-refractivity contribution in [3.63, 3.8) is 0 Å². The average molecular weight is 681 g/mol. The van der Waals surface area contributed by atoms with Crippen molar-refractivity contribution < 1.29 is 37.4 Å². The van der Waals surface area contributed by atoms with Gasteiger partial charge in [-0.05, 0) is 94.5 Å². The van der Waals surface area contributed by atoms with Crippen molar-refractivity contribution in [3.8, 4) is 0 Å². The first-order chi connectivity index (χ1) is 21.3. The molecular weight excluding hydrogens is 635 g/mol. The van der Waals surface area contributed by atoms with E-state index in [2.05, 4.69) is 0 Å². The Labute approximate surface area is 279 Å². The number of amides is 3. The first-order valence-electron chi connectivity index (χ1n) is 15.3. The highest BCUT2D eigenvalue weighted by Crippen LogP contribution is 2.42. The maximum absolute atomic E-state index is 15.5. The Kier molecular flexibility index (Phi) is 14.1. The van der Waals surface area contributed by atoms with Crippen LogP contribution in [0, 0.1) is 23.5 Å². The van der Waals surface area contributed by atoms with Gasteiger partial charge in [0, 0.05) is 23.1 Å². The summed E-state index contributed by atoms with van der Waals surface area (Å²) in [5.41, 5.74) is -1.91. The van der Waals surface area contributed by atoms with Gasteiger partial charge in [-0.1, -0.05) is 52.7 Å². The quantitative estimate of drug-likeness (QED) is 0.125. The lowest BCUT2D eigenvalue weighted by atomic mass is 9.98. The van der Waals surface area contributed by atoms with Gasteiger partial charge in [-0.2, -0.15) is 0 Å². The van der Waals surface area contributed by atoms with Gasteiger partial charge in [0.2, 0.25) is 0 Å². The van der Waals surface area contributed by atoms with E-state index in [4.69, 9.17) is 9.47 Å². The minimum Gasteiger partial charge on any atom is -0.458 e. The van der Waals surface area contributed by atoms with Crippen LogP contribution in [0.4, 0.5) is 13.6 Å². The molecule has 0 fully saturated rings. The van der Waals surface area contributed by atoms with Gasteiger partial charge in [0.15, 0.2) is 0 Å². The van der Waals surface area contributed by atoms with Gasteiger partial charge in [0.25, 0.3) is 11.8 Å². The molecular formula is C34H46F2N2O6S2. The molecule has 0 saturated carbocycles. The molecule has 3 amide bonds. The Hall–Kier alpha value is -3.12. The zero-order valence-corrected chi connectivity index (χ0v) is 29.9. The van der Waals surface area contributed by atoms with Gasteiger partial charge in [0.05, 0.1) is 10.5 Å². The van der Waals surface area contributed by atoms with Gasteiger partial charge in [0.1, 0.15) is 28.9 Å². The van der Waals surface area contributed by atoms with Crippen molar-refractivity contribution in [2.24, 2.45) is 11.8 Å². The Morgan fingerprint density at radius 2 is 1.46 bits per heavy atom. The lowest BCUT2D eigenvalue weighted by Crippen LogP contribution is -2.47. The molecule has 3 atom stereocenters. The van der Waals surface area contributed by atoms with Crippen molar-refractivity contribution in [1.82, 2.24) is 9.21 Å². The highest BCUT2D eigenvalue weighted by atomic mass is 33.1. The second-order valence-corrected chi connectivity index (χ2v) is 15.3. The number of esters is 1. The van der Waals surface area contributed by atoms with Gasteiger partial charge in [-0.15, -0.1) is 0 Å². The van der Waals surface area contributed by atoms with Crippen LogP contribution in [0.2, 0.25) is 0 Å². The van der Waals surface area contributed by atoms with Crippen molar-refractivity contribution >= 4 is 45.7 Å². The predicted molar refractivity (Wildman–Crippen MR) is 178 cm³/mol. The van der Waals surface area contributed by atoms with Crippen LogP contribution in [0.15, 0.2) is 47.4 Å². The molecule has 0 aromatic heterocycles. The van der Waals surface area contributed by atoms with E-state index >= 15 is 4.39 Å². The highest BCUT2D eigenvalue weighted by Gasteiger charge is 2.39. The van der Waals surface area contributed by atoms with E-state index in [1.807, 2.05) is 20.8 Å². The SMILES string of the molecule is CCC(C)CN(C(=O)OC(C)(C)C)C(=O)c1cccc(F)c1SSN(C(=O)c1cccc(F)c1)C(C(=O)OC(C)(C)C)C(C)CC. The largest absolute Gasteiger partial charge is 0.458 e. The van der Waals surface area contributed by atoms with Crippen molar-refractivity contribution in [3.05, 3.63) is 65.2 Å². The fourth-order valence-electron chi connectivity index (χ4n) is 4.08. The zero-order valence-electron chi connectivity index (χ0n) is 28.3. The minimum atomic E-state index is -1.15. The van der Waals surface area contributed by atoms with Crippen LogP contribution < -0.4 is 0 Å². The summed E-state index contributed by atoms with van der Waals surface area (Å²) >= 11 is 0. The molecule has 2 rings (SSSR count). The molecule has 46 heavy (non-hydrogen) atoms. The lowest BCUT2D eigenvalue weighted by Gasteiger charge is -2.34. The first kappa shape index (κ1) is 39.1. The number of ether oxygens (including phenoxy) is 2. The molecule has 0 heterocycles. The molecule has 2 aromatic carbocycles. The van der Waals surface area contributed by atoms with E-state index < -0.39 is 58.7 Å². The standard InChI is InChI=1S/C34H46F2N2O6S2/c1-11-21(3)20-37(32(42)44-34(8,9)10)30(40)25-17-14-18-26(36)28(25)45-46-38(29(39)23-15-13-16-24(35)19-23)27(22(4)12-2)31(41)43-33(5,6)7/h13-19,21-22,27H,11-12,20H2,1-10H3. The molecule has 8 nitrogen and oxygen atoms in total. The summed E-state index contributed by atoms with van der Waals surface area (Å²) in [5, 5.41) is 0. The van der Waals surface area contributed by atoms with Crippen molar-refractivity contribution in [2.45, 2.75) is 104 Å². The van der Waals surface area contributed by atoms with E-state index in [0.717, 1.165) is 43.1 Å². The second-order valence-electron chi connectivity index (χ2n) is 13.2. The van der Waals surface area contributed by atoms with Crippen LogP contribution in [0.5, 0.6) is 0 Å². The summed E-state index contributed by atoms with van der Waals surface area (Å²) in [7, 11) is 1.48. The number of hydrogen-bond donors (Lipinski definition) is 0. The Morgan fingerprint density at radius 1 is 0.848 bits per heavy atom. The lowest BCUT2D eigenvalue weighted by molar-refractivity contribution is -0.160. The topological polar surface area (TPSA) is 93.2 Å². The fourth-order valence-corrected chi connectivity index (χ4v) is 6.64. The van der Waals surface area contributed by atoms with E-state index in [0.29, 0.717) is 12.8 Å². The maximum Gasteiger partial charge on any atom is 0.417 e. The molecule has 0 radical (unpaired) electrons. The molecule has 0 aliphatic carbocycles. The molecule has 0 spiro atoms. The average Bonchev–Trinajstić information content (AvgIpc) is 2.95. The third-order valence-electron chi connectivity index (χ3n) is 6.80. The number of hydrogen-bond acceptors (Lipinski definition) is 8. The maximum atomic E-state index is 15.5. The summed E-state index contributed by atoms with van der Waals surface area (Å²) in [6.45, 7) is 17.6. The van der Waals surface area contributed by atoms with Gasteiger partial charge >= 0.3 is 12.1 Å². The van der Waals surface area contributed by atoms with E-state index in [1.54, 1.807) is 48.5 Å².